The molecule has 0 aliphatic carbocycles. The Morgan fingerprint density at radius 3 is 2.78 bits per heavy atom. The molecule has 4 nitrogen and oxygen atoms in total. The van der Waals surface area contributed by atoms with Crippen molar-refractivity contribution in [1.82, 2.24) is 4.98 Å². The highest BCUT2D eigenvalue weighted by Crippen LogP contribution is 2.40. The van der Waals surface area contributed by atoms with Crippen LogP contribution in [0.15, 0.2) is 30.5 Å². The van der Waals surface area contributed by atoms with Crippen molar-refractivity contribution >= 4 is 16.6 Å². The molecular weight excluding hydrogens is 228 g/mol. The Labute approximate surface area is 105 Å². The van der Waals surface area contributed by atoms with E-state index in [4.69, 9.17) is 4.74 Å². The number of rotatable bonds is 1. The Morgan fingerprint density at radius 2 is 2.06 bits per heavy atom. The van der Waals surface area contributed by atoms with Crippen LogP contribution in [-0.4, -0.2) is 36.4 Å². The van der Waals surface area contributed by atoms with Crippen LogP contribution in [0.1, 0.15) is 0 Å². The second kappa shape index (κ2) is 3.36. The van der Waals surface area contributed by atoms with E-state index in [1.807, 2.05) is 12.3 Å². The monoisotopic (exact) mass is 242 g/mol. The van der Waals surface area contributed by atoms with Crippen molar-refractivity contribution in [3.8, 4) is 5.75 Å². The van der Waals surface area contributed by atoms with Crippen molar-refractivity contribution < 1.29 is 9.84 Å². The minimum atomic E-state index is 0.286. The molecule has 2 aromatic rings. The molecule has 4 rings (SSSR count). The average molecular weight is 242 g/mol. The summed E-state index contributed by atoms with van der Waals surface area (Å²) in [5, 5.41) is 10.5. The Kier molecular flexibility index (Phi) is 1.89. The van der Waals surface area contributed by atoms with Gasteiger partial charge in [0, 0.05) is 18.5 Å². The Balaban J connectivity index is 1.65. The molecule has 1 aromatic heterocycles. The Morgan fingerprint density at radius 1 is 1.22 bits per heavy atom. The van der Waals surface area contributed by atoms with Gasteiger partial charge in [0.15, 0.2) is 0 Å². The molecule has 2 fully saturated rings. The van der Waals surface area contributed by atoms with Gasteiger partial charge in [-0.05, 0) is 24.3 Å². The minimum absolute atomic E-state index is 0.286. The summed E-state index contributed by atoms with van der Waals surface area (Å²) in [7, 11) is 0. The van der Waals surface area contributed by atoms with Crippen molar-refractivity contribution in [2.24, 2.45) is 5.41 Å². The maximum Gasteiger partial charge on any atom is 0.116 e. The predicted molar refractivity (Wildman–Crippen MR) is 68.9 cm³/mol. The average Bonchev–Trinajstić information content (AvgIpc) is 2.24. The molecular formula is C14H14N2O2. The topological polar surface area (TPSA) is 45.6 Å². The molecule has 0 radical (unpaired) electrons. The summed E-state index contributed by atoms with van der Waals surface area (Å²) >= 11 is 0. The molecule has 3 heterocycles. The summed E-state index contributed by atoms with van der Waals surface area (Å²) < 4.78 is 5.27. The lowest BCUT2D eigenvalue weighted by molar-refractivity contribution is -0.127. The van der Waals surface area contributed by atoms with Crippen molar-refractivity contribution in [3.05, 3.63) is 30.5 Å². The third-order valence-electron chi connectivity index (χ3n) is 3.88. The van der Waals surface area contributed by atoms with Crippen LogP contribution in [0.5, 0.6) is 5.75 Å². The molecule has 0 saturated carbocycles. The van der Waals surface area contributed by atoms with Gasteiger partial charge in [-0.1, -0.05) is 0 Å². The largest absolute Gasteiger partial charge is 0.508 e. The fourth-order valence-corrected chi connectivity index (χ4v) is 2.80. The molecule has 1 N–H and O–H groups in total. The summed E-state index contributed by atoms with van der Waals surface area (Å²) in [5.74, 6) is 0.286. The molecule has 0 atom stereocenters. The van der Waals surface area contributed by atoms with E-state index in [0.717, 1.165) is 42.9 Å². The van der Waals surface area contributed by atoms with Crippen molar-refractivity contribution in [2.75, 3.05) is 31.2 Å². The van der Waals surface area contributed by atoms with E-state index < -0.39 is 0 Å². The molecule has 2 aliphatic rings. The molecule has 0 bridgehead atoms. The van der Waals surface area contributed by atoms with Gasteiger partial charge < -0.3 is 14.7 Å². The molecule has 1 aromatic carbocycles. The lowest BCUT2D eigenvalue weighted by Crippen LogP contribution is -2.66. The fourth-order valence-electron chi connectivity index (χ4n) is 2.80. The van der Waals surface area contributed by atoms with Crippen LogP contribution in [0.25, 0.3) is 10.9 Å². The van der Waals surface area contributed by atoms with Crippen LogP contribution in [-0.2, 0) is 4.74 Å². The molecule has 1 spiro atoms. The number of fused-ring (bicyclic) bond motifs is 1. The lowest BCUT2D eigenvalue weighted by Gasteiger charge is -2.55. The lowest BCUT2D eigenvalue weighted by atomic mass is 9.78. The first-order chi connectivity index (χ1) is 8.74. The van der Waals surface area contributed by atoms with E-state index in [1.165, 1.54) is 0 Å². The summed E-state index contributed by atoms with van der Waals surface area (Å²) in [6.45, 7) is 3.90. The van der Waals surface area contributed by atoms with E-state index >= 15 is 0 Å². The highest BCUT2D eigenvalue weighted by molar-refractivity contribution is 5.83. The standard InChI is InChI=1S/C14H14N2O2/c17-12-1-2-13-10(4-12)3-11(5-15-13)16-6-14(7-16)8-18-9-14/h1-5,17H,6-9H2. The number of hydrogen-bond donors (Lipinski definition) is 1. The van der Waals surface area contributed by atoms with Gasteiger partial charge in [0.25, 0.3) is 0 Å². The summed E-state index contributed by atoms with van der Waals surface area (Å²) in [4.78, 5) is 6.75. The van der Waals surface area contributed by atoms with Crippen molar-refractivity contribution in [3.63, 3.8) is 0 Å². The number of anilines is 1. The highest BCUT2D eigenvalue weighted by Gasteiger charge is 2.49. The van der Waals surface area contributed by atoms with Crippen LogP contribution >= 0.6 is 0 Å². The number of phenols is 1. The van der Waals surface area contributed by atoms with Gasteiger partial charge in [-0.15, -0.1) is 0 Å². The van der Waals surface area contributed by atoms with E-state index in [9.17, 15) is 5.11 Å². The SMILES string of the molecule is Oc1ccc2ncc(N3CC4(COC4)C3)cc2c1. The Hall–Kier alpha value is -1.81. The van der Waals surface area contributed by atoms with Gasteiger partial charge in [0.2, 0.25) is 0 Å². The molecule has 2 aliphatic heterocycles. The summed E-state index contributed by atoms with van der Waals surface area (Å²) in [5.41, 5.74) is 2.46. The zero-order valence-electron chi connectivity index (χ0n) is 9.97. The second-order valence-electron chi connectivity index (χ2n) is 5.42. The van der Waals surface area contributed by atoms with Gasteiger partial charge >= 0.3 is 0 Å². The quantitative estimate of drug-likeness (QED) is 0.828. The van der Waals surface area contributed by atoms with E-state index in [2.05, 4.69) is 16.0 Å². The zero-order chi connectivity index (χ0) is 12.2. The summed E-state index contributed by atoms with van der Waals surface area (Å²) in [6.07, 6.45) is 1.91. The van der Waals surface area contributed by atoms with Gasteiger partial charge in [-0.3, -0.25) is 4.98 Å². The highest BCUT2D eigenvalue weighted by atomic mass is 16.5. The molecule has 2 saturated heterocycles. The normalized spacial score (nSPS) is 20.8. The van der Waals surface area contributed by atoms with Gasteiger partial charge in [-0.25, -0.2) is 0 Å². The van der Waals surface area contributed by atoms with Gasteiger partial charge in [-0.2, -0.15) is 0 Å². The first-order valence-corrected chi connectivity index (χ1v) is 6.16. The van der Waals surface area contributed by atoms with Crippen LogP contribution in [0.2, 0.25) is 0 Å². The van der Waals surface area contributed by atoms with Crippen LogP contribution < -0.4 is 4.90 Å². The second-order valence-corrected chi connectivity index (χ2v) is 5.42. The minimum Gasteiger partial charge on any atom is -0.508 e. The van der Waals surface area contributed by atoms with Crippen LogP contribution in [0.3, 0.4) is 0 Å². The molecule has 0 unspecified atom stereocenters. The van der Waals surface area contributed by atoms with Crippen molar-refractivity contribution in [2.45, 2.75) is 0 Å². The van der Waals surface area contributed by atoms with Gasteiger partial charge in [0.1, 0.15) is 5.75 Å². The number of hydrogen-bond acceptors (Lipinski definition) is 4. The molecule has 92 valence electrons. The van der Waals surface area contributed by atoms with Crippen LogP contribution in [0, 0.1) is 5.41 Å². The van der Waals surface area contributed by atoms with E-state index in [0.29, 0.717) is 5.41 Å². The van der Waals surface area contributed by atoms with Crippen molar-refractivity contribution in [1.29, 1.82) is 0 Å². The first-order valence-electron chi connectivity index (χ1n) is 6.16. The Bertz CT molecular complexity index is 614. The molecule has 18 heavy (non-hydrogen) atoms. The van der Waals surface area contributed by atoms with Gasteiger partial charge in [0.05, 0.1) is 36.0 Å². The maximum atomic E-state index is 9.50. The zero-order valence-corrected chi connectivity index (χ0v) is 9.97. The number of pyridine rings is 1. The smallest absolute Gasteiger partial charge is 0.116 e. The maximum absolute atomic E-state index is 9.50. The summed E-state index contributed by atoms with van der Waals surface area (Å²) in [6, 6.07) is 7.35. The van der Waals surface area contributed by atoms with Crippen LogP contribution in [0.4, 0.5) is 5.69 Å². The third-order valence-corrected chi connectivity index (χ3v) is 3.88. The fraction of sp³-hybridized carbons (Fsp3) is 0.357. The number of benzene rings is 1. The molecule has 4 heteroatoms. The first kappa shape index (κ1) is 10.1. The number of aromatic hydroxyl groups is 1. The number of ether oxygens (including phenoxy) is 1. The van der Waals surface area contributed by atoms with E-state index in [1.54, 1.807) is 12.1 Å². The van der Waals surface area contributed by atoms with E-state index in [-0.39, 0.29) is 5.75 Å². The number of nitrogens with zero attached hydrogens (tertiary/aromatic N) is 2. The third kappa shape index (κ3) is 1.39. The number of phenolic OH excluding ortho intramolecular Hbond substituents is 1. The molecule has 0 amide bonds. The number of aromatic nitrogens is 1. The predicted octanol–water partition coefficient (Wildman–Crippen LogP) is 1.78.